The summed E-state index contributed by atoms with van der Waals surface area (Å²) in [5.74, 6) is 1.40. The molecular weight excluding hydrogens is 192 g/mol. The molecule has 0 fully saturated rings. The Morgan fingerprint density at radius 1 is 1.25 bits per heavy atom. The second kappa shape index (κ2) is 8.38. The fourth-order valence-corrected chi connectivity index (χ4v) is 1.87. The van der Waals surface area contributed by atoms with Crippen LogP contribution >= 0.6 is 0 Å². The Morgan fingerprint density at radius 2 is 1.88 bits per heavy atom. The van der Waals surface area contributed by atoms with Crippen LogP contribution in [0.3, 0.4) is 0 Å². The van der Waals surface area contributed by atoms with E-state index >= 15 is 0 Å². The Hall–Kier alpha value is -0.780. The van der Waals surface area contributed by atoms with Gasteiger partial charge in [-0.25, -0.2) is 0 Å². The molecule has 0 aromatic rings. The molecule has 16 heavy (non-hydrogen) atoms. The van der Waals surface area contributed by atoms with E-state index in [0.717, 1.165) is 12.3 Å². The van der Waals surface area contributed by atoms with Gasteiger partial charge in [0.1, 0.15) is 0 Å². The van der Waals surface area contributed by atoms with Crippen molar-refractivity contribution in [1.29, 1.82) is 0 Å². The minimum absolute atomic E-state index is 0.647. The molecule has 0 spiro atoms. The third-order valence-corrected chi connectivity index (χ3v) is 3.02. The fraction of sp³-hybridized carbons (Fsp3) is 0.625. The van der Waals surface area contributed by atoms with E-state index in [9.17, 15) is 0 Å². The van der Waals surface area contributed by atoms with Gasteiger partial charge in [0.2, 0.25) is 0 Å². The summed E-state index contributed by atoms with van der Waals surface area (Å²) in [7, 11) is 0. The van der Waals surface area contributed by atoms with Gasteiger partial charge in [0.25, 0.3) is 0 Å². The number of hydrogen-bond acceptors (Lipinski definition) is 0. The molecule has 92 valence electrons. The van der Waals surface area contributed by atoms with Crippen molar-refractivity contribution >= 4 is 0 Å². The average Bonchev–Trinajstić information content (AvgIpc) is 2.17. The van der Waals surface area contributed by atoms with E-state index in [1.165, 1.54) is 24.0 Å². The first-order valence-corrected chi connectivity index (χ1v) is 6.45. The predicted octanol–water partition coefficient (Wildman–Crippen LogP) is 5.53. The van der Waals surface area contributed by atoms with Gasteiger partial charge < -0.3 is 0 Å². The average molecular weight is 220 g/mol. The molecule has 2 unspecified atom stereocenters. The summed E-state index contributed by atoms with van der Waals surface area (Å²) >= 11 is 0. The Balaban J connectivity index is 4.04. The SMILES string of the molecule is C=C(C)C(C)CC(C)C/C(C)=C/C=C\CC. The van der Waals surface area contributed by atoms with E-state index < -0.39 is 0 Å². The van der Waals surface area contributed by atoms with Gasteiger partial charge in [0, 0.05) is 0 Å². The monoisotopic (exact) mass is 220 g/mol. The summed E-state index contributed by atoms with van der Waals surface area (Å²) in [6, 6.07) is 0. The summed E-state index contributed by atoms with van der Waals surface area (Å²) in [4.78, 5) is 0. The van der Waals surface area contributed by atoms with Crippen LogP contribution in [0, 0.1) is 11.8 Å². The highest BCUT2D eigenvalue weighted by Gasteiger charge is 2.09. The van der Waals surface area contributed by atoms with Crippen molar-refractivity contribution in [3.63, 3.8) is 0 Å². The van der Waals surface area contributed by atoms with Crippen LogP contribution in [0.4, 0.5) is 0 Å². The minimum atomic E-state index is 0.647. The molecule has 0 amide bonds. The number of hydrogen-bond donors (Lipinski definition) is 0. The van der Waals surface area contributed by atoms with Gasteiger partial charge in [-0.2, -0.15) is 0 Å². The molecular formula is C16H28. The van der Waals surface area contributed by atoms with Crippen molar-refractivity contribution in [2.75, 3.05) is 0 Å². The summed E-state index contributed by atoms with van der Waals surface area (Å²) < 4.78 is 0. The first-order valence-electron chi connectivity index (χ1n) is 6.45. The van der Waals surface area contributed by atoms with Gasteiger partial charge >= 0.3 is 0 Å². The van der Waals surface area contributed by atoms with Crippen molar-refractivity contribution in [3.8, 4) is 0 Å². The van der Waals surface area contributed by atoms with Crippen molar-refractivity contribution in [2.45, 2.75) is 53.9 Å². The van der Waals surface area contributed by atoms with E-state index in [-0.39, 0.29) is 0 Å². The van der Waals surface area contributed by atoms with E-state index in [2.05, 4.69) is 59.4 Å². The molecule has 0 saturated heterocycles. The maximum atomic E-state index is 4.02. The maximum Gasteiger partial charge on any atom is -0.0234 e. The van der Waals surface area contributed by atoms with E-state index in [1.54, 1.807) is 0 Å². The fourth-order valence-electron chi connectivity index (χ4n) is 1.87. The Morgan fingerprint density at radius 3 is 2.38 bits per heavy atom. The third-order valence-electron chi connectivity index (χ3n) is 3.02. The smallest absolute Gasteiger partial charge is 0.0234 e. The Kier molecular flexibility index (Phi) is 7.97. The molecule has 0 nitrogen and oxygen atoms in total. The van der Waals surface area contributed by atoms with Gasteiger partial charge in [-0.05, 0) is 44.9 Å². The first-order chi connectivity index (χ1) is 7.47. The first kappa shape index (κ1) is 15.2. The molecule has 0 aliphatic rings. The molecule has 0 saturated carbocycles. The second-order valence-corrected chi connectivity index (χ2v) is 5.14. The summed E-state index contributed by atoms with van der Waals surface area (Å²) in [5.41, 5.74) is 2.78. The van der Waals surface area contributed by atoms with E-state index in [4.69, 9.17) is 0 Å². The molecule has 0 aromatic heterocycles. The zero-order valence-electron chi connectivity index (χ0n) is 11.7. The summed E-state index contributed by atoms with van der Waals surface area (Å²) in [6.45, 7) is 15.1. The highest BCUT2D eigenvalue weighted by molar-refractivity contribution is 5.10. The van der Waals surface area contributed by atoms with Gasteiger partial charge in [0.05, 0.1) is 0 Å². The topological polar surface area (TPSA) is 0 Å². The van der Waals surface area contributed by atoms with Gasteiger partial charge in [0.15, 0.2) is 0 Å². The van der Waals surface area contributed by atoms with Gasteiger partial charge in [-0.3, -0.25) is 0 Å². The summed E-state index contributed by atoms with van der Waals surface area (Å²) in [6.07, 6.45) is 10.2. The molecule has 0 radical (unpaired) electrons. The highest BCUT2D eigenvalue weighted by Crippen LogP contribution is 2.22. The standard InChI is InChI=1S/C16H28/c1-7-8-9-10-14(4)11-15(5)12-16(6)13(2)3/h8-10,15-16H,2,7,11-12H2,1,3-6H3/b9-8-,14-10+. The third kappa shape index (κ3) is 7.50. The largest absolute Gasteiger partial charge is 0.0999 e. The lowest BCUT2D eigenvalue weighted by atomic mass is 9.89. The van der Waals surface area contributed by atoms with Crippen LogP contribution < -0.4 is 0 Å². The lowest BCUT2D eigenvalue weighted by Crippen LogP contribution is -2.04. The molecule has 0 heterocycles. The zero-order chi connectivity index (χ0) is 12.6. The molecule has 0 aromatic carbocycles. The van der Waals surface area contributed by atoms with Crippen LogP contribution in [0.15, 0.2) is 36.0 Å². The molecule has 0 aliphatic carbocycles. The van der Waals surface area contributed by atoms with Crippen molar-refractivity contribution < 1.29 is 0 Å². The number of rotatable bonds is 7. The van der Waals surface area contributed by atoms with Crippen LogP contribution in [0.2, 0.25) is 0 Å². The Labute approximate surface area is 102 Å². The molecule has 0 heteroatoms. The quantitative estimate of drug-likeness (QED) is 0.391. The van der Waals surface area contributed by atoms with Crippen LogP contribution in [0.5, 0.6) is 0 Å². The lowest BCUT2D eigenvalue weighted by molar-refractivity contribution is 0.451. The van der Waals surface area contributed by atoms with Crippen molar-refractivity contribution in [2.24, 2.45) is 11.8 Å². The zero-order valence-corrected chi connectivity index (χ0v) is 11.7. The van der Waals surface area contributed by atoms with Crippen LogP contribution in [-0.2, 0) is 0 Å². The van der Waals surface area contributed by atoms with Crippen molar-refractivity contribution in [3.05, 3.63) is 36.0 Å². The van der Waals surface area contributed by atoms with Crippen LogP contribution in [0.1, 0.15) is 53.9 Å². The normalized spacial score (nSPS) is 16.4. The highest BCUT2D eigenvalue weighted by atomic mass is 14.1. The van der Waals surface area contributed by atoms with Gasteiger partial charge in [-0.1, -0.05) is 56.7 Å². The minimum Gasteiger partial charge on any atom is -0.0999 e. The van der Waals surface area contributed by atoms with E-state index in [0.29, 0.717) is 5.92 Å². The second-order valence-electron chi connectivity index (χ2n) is 5.14. The van der Waals surface area contributed by atoms with Crippen molar-refractivity contribution in [1.82, 2.24) is 0 Å². The molecule has 0 aliphatic heterocycles. The van der Waals surface area contributed by atoms with Gasteiger partial charge in [-0.15, -0.1) is 0 Å². The molecule has 0 N–H and O–H groups in total. The van der Waals surface area contributed by atoms with Crippen LogP contribution in [-0.4, -0.2) is 0 Å². The Bertz CT molecular complexity index is 255. The number of allylic oxidation sites excluding steroid dienone is 5. The van der Waals surface area contributed by atoms with Crippen LogP contribution in [0.25, 0.3) is 0 Å². The molecule has 2 atom stereocenters. The molecule has 0 rings (SSSR count). The molecule has 0 bridgehead atoms. The predicted molar refractivity (Wildman–Crippen MR) is 75.6 cm³/mol. The summed E-state index contributed by atoms with van der Waals surface area (Å²) in [5, 5.41) is 0. The maximum absolute atomic E-state index is 4.02. The van der Waals surface area contributed by atoms with E-state index in [1.807, 2.05) is 0 Å². The lowest BCUT2D eigenvalue weighted by Gasteiger charge is -2.17.